The summed E-state index contributed by atoms with van der Waals surface area (Å²) in [5, 5.41) is 8.90. The van der Waals surface area contributed by atoms with Crippen molar-refractivity contribution < 1.29 is 14.3 Å². The average Bonchev–Trinajstić information content (AvgIpc) is 2.66. The predicted octanol–water partition coefficient (Wildman–Crippen LogP) is 3.06. The van der Waals surface area contributed by atoms with Crippen molar-refractivity contribution in [3.8, 4) is 5.75 Å². The lowest BCUT2D eigenvalue weighted by Gasteiger charge is -2.16. The van der Waals surface area contributed by atoms with Gasteiger partial charge in [0.15, 0.2) is 0 Å². The molecule has 0 fully saturated rings. The van der Waals surface area contributed by atoms with Crippen LogP contribution >= 0.6 is 0 Å². The first kappa shape index (κ1) is 22.3. The molecule has 3 N–H and O–H groups in total. The number of amides is 2. The average molecular weight is 398 g/mol. The Balaban J connectivity index is 1.72. The maximum Gasteiger partial charge on any atom is 0.242 e. The lowest BCUT2D eigenvalue weighted by Crippen LogP contribution is -2.39. The van der Waals surface area contributed by atoms with E-state index in [1.807, 2.05) is 69.3 Å². The van der Waals surface area contributed by atoms with Crippen LogP contribution in [0.2, 0.25) is 0 Å². The minimum atomic E-state index is -0.385. The molecule has 2 rings (SSSR count). The Bertz CT molecular complexity index is 803. The zero-order chi connectivity index (χ0) is 21.2. The van der Waals surface area contributed by atoms with E-state index in [9.17, 15) is 9.59 Å². The molecule has 0 heterocycles. The summed E-state index contributed by atoms with van der Waals surface area (Å²) in [6.07, 6.45) is 0.343. The van der Waals surface area contributed by atoms with Crippen molar-refractivity contribution in [2.75, 3.05) is 18.5 Å². The number of rotatable bonds is 10. The number of aryl methyl sites for hydroxylation is 1. The van der Waals surface area contributed by atoms with Gasteiger partial charge in [0.05, 0.1) is 13.0 Å². The largest absolute Gasteiger partial charge is 0.492 e. The molecule has 1 unspecified atom stereocenters. The first-order chi connectivity index (χ1) is 13.8. The molecule has 2 amide bonds. The molecule has 6 heteroatoms. The van der Waals surface area contributed by atoms with Gasteiger partial charge in [0.1, 0.15) is 18.4 Å². The topological polar surface area (TPSA) is 79.5 Å². The van der Waals surface area contributed by atoms with E-state index in [1.165, 1.54) is 0 Å². The Morgan fingerprint density at radius 2 is 1.76 bits per heavy atom. The van der Waals surface area contributed by atoms with Gasteiger partial charge in [-0.05, 0) is 63.1 Å². The van der Waals surface area contributed by atoms with Crippen LogP contribution in [0.15, 0.2) is 48.5 Å². The van der Waals surface area contributed by atoms with Crippen LogP contribution < -0.4 is 20.7 Å². The molecule has 0 aromatic heterocycles. The van der Waals surface area contributed by atoms with Crippen LogP contribution in [0.1, 0.15) is 31.9 Å². The number of carbonyl (C=O) groups excluding carboxylic acids is 2. The van der Waals surface area contributed by atoms with Crippen LogP contribution in [0.3, 0.4) is 0 Å². The Morgan fingerprint density at radius 3 is 2.41 bits per heavy atom. The lowest BCUT2D eigenvalue weighted by molar-refractivity contribution is -0.122. The van der Waals surface area contributed by atoms with Gasteiger partial charge in [-0.3, -0.25) is 9.59 Å². The van der Waals surface area contributed by atoms with E-state index in [0.29, 0.717) is 19.6 Å². The Labute approximate surface area is 173 Å². The number of ether oxygens (including phenoxy) is 1. The van der Waals surface area contributed by atoms with Gasteiger partial charge in [0.25, 0.3) is 0 Å². The molecule has 2 aromatic carbocycles. The normalized spacial score (nSPS) is 11.6. The number of nitrogens with one attached hydrogen (secondary N) is 3. The van der Waals surface area contributed by atoms with E-state index in [0.717, 1.165) is 22.6 Å². The van der Waals surface area contributed by atoms with Crippen LogP contribution in [0.4, 0.5) is 5.69 Å². The first-order valence-corrected chi connectivity index (χ1v) is 9.95. The fourth-order valence-corrected chi connectivity index (χ4v) is 2.79. The highest BCUT2D eigenvalue weighted by Crippen LogP contribution is 2.13. The summed E-state index contributed by atoms with van der Waals surface area (Å²) in [7, 11) is 0. The van der Waals surface area contributed by atoms with Gasteiger partial charge >= 0.3 is 0 Å². The third-order valence-electron chi connectivity index (χ3n) is 4.20. The van der Waals surface area contributed by atoms with Crippen LogP contribution in [-0.2, 0) is 16.0 Å². The SMILES string of the molecule is Cc1cccc(OCCNC(=O)C(C)Nc2ccc(CC(=O)NC(C)C)cc2)c1. The number of hydrogen-bond acceptors (Lipinski definition) is 4. The second-order valence-electron chi connectivity index (χ2n) is 7.42. The molecule has 1 atom stereocenters. The van der Waals surface area contributed by atoms with E-state index in [2.05, 4.69) is 16.0 Å². The molecule has 0 spiro atoms. The quantitative estimate of drug-likeness (QED) is 0.539. The van der Waals surface area contributed by atoms with Gasteiger partial charge in [0, 0.05) is 11.7 Å². The van der Waals surface area contributed by atoms with Crippen molar-refractivity contribution in [2.45, 2.75) is 46.2 Å². The predicted molar refractivity (Wildman–Crippen MR) is 116 cm³/mol. The van der Waals surface area contributed by atoms with Crippen molar-refractivity contribution in [3.63, 3.8) is 0 Å². The van der Waals surface area contributed by atoms with Crippen LogP contribution in [-0.4, -0.2) is 37.0 Å². The van der Waals surface area contributed by atoms with Gasteiger partial charge in [-0.1, -0.05) is 24.3 Å². The molecule has 0 bridgehead atoms. The van der Waals surface area contributed by atoms with Gasteiger partial charge in [-0.15, -0.1) is 0 Å². The smallest absolute Gasteiger partial charge is 0.242 e. The maximum atomic E-state index is 12.2. The fourth-order valence-electron chi connectivity index (χ4n) is 2.79. The molecule has 0 radical (unpaired) electrons. The summed E-state index contributed by atoms with van der Waals surface area (Å²) in [6, 6.07) is 15.1. The molecule has 0 aliphatic rings. The molecule has 6 nitrogen and oxygen atoms in total. The van der Waals surface area contributed by atoms with Crippen LogP contribution in [0, 0.1) is 6.92 Å². The van der Waals surface area contributed by atoms with Gasteiger partial charge < -0.3 is 20.7 Å². The van der Waals surface area contributed by atoms with E-state index < -0.39 is 0 Å². The third kappa shape index (κ3) is 8.25. The molecular formula is C23H31N3O3. The minimum Gasteiger partial charge on any atom is -0.492 e. The van der Waals surface area contributed by atoms with E-state index >= 15 is 0 Å². The zero-order valence-electron chi connectivity index (χ0n) is 17.6. The van der Waals surface area contributed by atoms with Gasteiger partial charge in [-0.25, -0.2) is 0 Å². The Morgan fingerprint density at radius 1 is 1.03 bits per heavy atom. The van der Waals surface area contributed by atoms with Crippen molar-refractivity contribution in [1.29, 1.82) is 0 Å². The fraction of sp³-hybridized carbons (Fsp3) is 0.391. The summed E-state index contributed by atoms with van der Waals surface area (Å²) in [5.41, 5.74) is 2.90. The molecule has 0 saturated carbocycles. The third-order valence-corrected chi connectivity index (χ3v) is 4.20. The highest BCUT2D eigenvalue weighted by Gasteiger charge is 2.12. The van der Waals surface area contributed by atoms with Crippen molar-refractivity contribution in [2.24, 2.45) is 0 Å². The van der Waals surface area contributed by atoms with E-state index in [-0.39, 0.29) is 23.9 Å². The molecule has 29 heavy (non-hydrogen) atoms. The molecule has 0 aliphatic carbocycles. The van der Waals surface area contributed by atoms with Crippen molar-refractivity contribution in [3.05, 3.63) is 59.7 Å². The summed E-state index contributed by atoms with van der Waals surface area (Å²) in [6.45, 7) is 8.53. The first-order valence-electron chi connectivity index (χ1n) is 9.95. The second-order valence-corrected chi connectivity index (χ2v) is 7.42. The molecule has 0 aliphatic heterocycles. The number of anilines is 1. The summed E-state index contributed by atoms with van der Waals surface area (Å²) in [4.78, 5) is 24.1. The van der Waals surface area contributed by atoms with Gasteiger partial charge in [-0.2, -0.15) is 0 Å². The number of benzene rings is 2. The summed E-state index contributed by atoms with van der Waals surface area (Å²) in [5.74, 6) is 0.701. The molecular weight excluding hydrogens is 366 g/mol. The van der Waals surface area contributed by atoms with Crippen molar-refractivity contribution >= 4 is 17.5 Å². The number of hydrogen-bond donors (Lipinski definition) is 3. The Hall–Kier alpha value is -3.02. The van der Waals surface area contributed by atoms with E-state index in [1.54, 1.807) is 6.92 Å². The summed E-state index contributed by atoms with van der Waals surface area (Å²) < 4.78 is 5.64. The molecule has 0 saturated heterocycles. The highest BCUT2D eigenvalue weighted by atomic mass is 16.5. The number of carbonyl (C=O) groups is 2. The van der Waals surface area contributed by atoms with Crippen LogP contribution in [0.5, 0.6) is 5.75 Å². The second kappa shape index (κ2) is 11.1. The monoisotopic (exact) mass is 397 g/mol. The van der Waals surface area contributed by atoms with Crippen LogP contribution in [0.25, 0.3) is 0 Å². The highest BCUT2D eigenvalue weighted by molar-refractivity contribution is 5.84. The molecule has 2 aromatic rings. The van der Waals surface area contributed by atoms with E-state index in [4.69, 9.17) is 4.74 Å². The minimum absolute atomic E-state index is 0.00124. The Kier molecular flexibility index (Phi) is 8.52. The van der Waals surface area contributed by atoms with Gasteiger partial charge in [0.2, 0.25) is 11.8 Å². The summed E-state index contributed by atoms with van der Waals surface area (Å²) >= 11 is 0. The standard InChI is InChI=1S/C23H31N3O3/c1-16(2)25-22(27)15-19-8-10-20(11-9-19)26-18(4)23(28)24-12-13-29-21-7-5-6-17(3)14-21/h5-11,14,16,18,26H,12-13,15H2,1-4H3,(H,24,28)(H,25,27). The van der Waals surface area contributed by atoms with Crippen molar-refractivity contribution in [1.82, 2.24) is 10.6 Å². The zero-order valence-corrected chi connectivity index (χ0v) is 17.6. The molecule has 156 valence electrons. The lowest BCUT2D eigenvalue weighted by atomic mass is 10.1. The maximum absolute atomic E-state index is 12.2.